The van der Waals surface area contributed by atoms with E-state index in [1.807, 2.05) is 0 Å². The Hall–Kier alpha value is -1.10. The van der Waals surface area contributed by atoms with Gasteiger partial charge in [0.2, 0.25) is 11.2 Å². The Morgan fingerprint density at radius 2 is 2.08 bits per heavy atom. The van der Waals surface area contributed by atoms with Crippen LogP contribution in [-0.2, 0) is 0 Å². The Morgan fingerprint density at radius 1 is 1.31 bits per heavy atom. The van der Waals surface area contributed by atoms with Crippen molar-refractivity contribution in [3.8, 4) is 6.01 Å². The zero-order valence-electron chi connectivity index (χ0n) is 6.90. The molecule has 2 N–H and O–H groups in total. The molecule has 6 heteroatoms. The lowest BCUT2D eigenvalue weighted by molar-refractivity contribution is 0.108. The number of hydrogen-bond acceptors (Lipinski definition) is 5. The molecule has 1 heterocycles. The molecule has 1 fully saturated rings. The molecule has 1 aromatic heterocycles. The smallest absolute Gasteiger partial charge is 0.322 e. The monoisotopic (exact) mass is 200 g/mol. The van der Waals surface area contributed by atoms with E-state index in [0.717, 1.165) is 12.8 Å². The van der Waals surface area contributed by atoms with E-state index in [9.17, 15) is 0 Å². The molecular weight excluding hydrogens is 192 g/mol. The number of nitrogens with zero attached hydrogens (tertiary/aromatic N) is 3. The molecule has 0 saturated heterocycles. The van der Waals surface area contributed by atoms with Gasteiger partial charge in [-0.1, -0.05) is 0 Å². The second-order valence-corrected chi connectivity index (χ2v) is 3.25. The van der Waals surface area contributed by atoms with Crippen LogP contribution >= 0.6 is 11.6 Å². The summed E-state index contributed by atoms with van der Waals surface area (Å²) in [6, 6.07) is 0.224. The van der Waals surface area contributed by atoms with Gasteiger partial charge >= 0.3 is 6.01 Å². The van der Waals surface area contributed by atoms with Crippen LogP contribution in [0.2, 0.25) is 5.28 Å². The van der Waals surface area contributed by atoms with Gasteiger partial charge in [-0.2, -0.15) is 15.0 Å². The number of anilines is 1. The summed E-state index contributed by atoms with van der Waals surface area (Å²) in [4.78, 5) is 11.2. The Labute approximate surface area is 80.3 Å². The quantitative estimate of drug-likeness (QED) is 0.772. The van der Waals surface area contributed by atoms with Crippen LogP contribution in [0.3, 0.4) is 0 Å². The first-order valence-electron chi connectivity index (χ1n) is 4.08. The summed E-state index contributed by atoms with van der Waals surface area (Å²) in [7, 11) is 0. The number of ether oxygens (including phenoxy) is 1. The Kier molecular flexibility index (Phi) is 2.18. The third-order valence-electron chi connectivity index (χ3n) is 1.93. The fourth-order valence-electron chi connectivity index (χ4n) is 1.04. The van der Waals surface area contributed by atoms with Crippen molar-refractivity contribution in [1.29, 1.82) is 0 Å². The lowest BCUT2D eigenvalue weighted by atomic mass is 9.96. The van der Waals surface area contributed by atoms with Crippen molar-refractivity contribution in [2.45, 2.75) is 25.4 Å². The summed E-state index contributed by atoms with van der Waals surface area (Å²) in [5, 5.41) is 0.0711. The number of nitrogen functional groups attached to an aromatic ring is 1. The topological polar surface area (TPSA) is 73.9 Å². The van der Waals surface area contributed by atoms with E-state index >= 15 is 0 Å². The third-order valence-corrected chi connectivity index (χ3v) is 2.10. The minimum Gasteiger partial charge on any atom is -0.460 e. The van der Waals surface area contributed by atoms with E-state index in [-0.39, 0.29) is 23.3 Å². The molecular formula is C7H9ClN4O. The SMILES string of the molecule is Nc1nc(Cl)nc(OC2CCC2)n1. The van der Waals surface area contributed by atoms with E-state index in [4.69, 9.17) is 22.1 Å². The fourth-order valence-corrected chi connectivity index (χ4v) is 1.20. The molecule has 0 radical (unpaired) electrons. The van der Waals surface area contributed by atoms with Crippen LogP contribution in [0.15, 0.2) is 0 Å². The first kappa shape index (κ1) is 8.50. The normalized spacial score (nSPS) is 16.7. The van der Waals surface area contributed by atoms with Gasteiger partial charge in [0.25, 0.3) is 0 Å². The Bertz CT molecular complexity index is 295. The minimum atomic E-state index is 0.0711. The zero-order chi connectivity index (χ0) is 9.26. The van der Waals surface area contributed by atoms with Gasteiger partial charge in [-0.15, -0.1) is 0 Å². The van der Waals surface area contributed by atoms with Crippen LogP contribution in [-0.4, -0.2) is 21.1 Å². The highest BCUT2D eigenvalue weighted by atomic mass is 35.5. The molecule has 0 bridgehead atoms. The van der Waals surface area contributed by atoms with Crippen LogP contribution in [0.4, 0.5) is 5.95 Å². The molecule has 0 aromatic carbocycles. The molecule has 70 valence electrons. The van der Waals surface area contributed by atoms with Crippen molar-refractivity contribution >= 4 is 17.5 Å². The van der Waals surface area contributed by atoms with Crippen molar-refractivity contribution in [3.05, 3.63) is 5.28 Å². The summed E-state index contributed by atoms with van der Waals surface area (Å²) >= 11 is 5.57. The standard InChI is InChI=1S/C7H9ClN4O/c8-5-10-6(9)12-7(11-5)13-4-2-1-3-4/h4H,1-3H2,(H2,9,10,11,12). The highest BCUT2D eigenvalue weighted by Gasteiger charge is 2.20. The molecule has 0 unspecified atom stereocenters. The molecule has 1 saturated carbocycles. The van der Waals surface area contributed by atoms with Crippen molar-refractivity contribution < 1.29 is 4.74 Å². The van der Waals surface area contributed by atoms with Gasteiger partial charge in [0.15, 0.2) is 0 Å². The predicted octanol–water partition coefficient (Wildman–Crippen LogP) is 1.04. The molecule has 0 amide bonds. The van der Waals surface area contributed by atoms with Crippen LogP contribution < -0.4 is 10.5 Å². The Balaban J connectivity index is 2.10. The first-order valence-corrected chi connectivity index (χ1v) is 4.45. The first-order chi connectivity index (χ1) is 6.24. The summed E-state index contributed by atoms with van der Waals surface area (Å²) in [6.07, 6.45) is 3.50. The van der Waals surface area contributed by atoms with Gasteiger partial charge in [-0.05, 0) is 30.9 Å². The van der Waals surface area contributed by atoms with Crippen LogP contribution in [0.5, 0.6) is 6.01 Å². The van der Waals surface area contributed by atoms with Crippen LogP contribution in [0, 0.1) is 0 Å². The van der Waals surface area contributed by atoms with Gasteiger partial charge in [0.1, 0.15) is 6.10 Å². The summed E-state index contributed by atoms with van der Waals surface area (Å²) in [5.41, 5.74) is 5.37. The molecule has 1 aliphatic carbocycles. The van der Waals surface area contributed by atoms with Gasteiger partial charge in [0, 0.05) is 0 Å². The number of rotatable bonds is 2. The number of nitrogens with two attached hydrogens (primary N) is 1. The van der Waals surface area contributed by atoms with Gasteiger partial charge < -0.3 is 10.5 Å². The number of hydrogen-bond donors (Lipinski definition) is 1. The molecule has 13 heavy (non-hydrogen) atoms. The number of aromatic nitrogens is 3. The number of halogens is 1. The summed E-state index contributed by atoms with van der Waals surface area (Å²) in [6.45, 7) is 0. The zero-order valence-corrected chi connectivity index (χ0v) is 7.66. The molecule has 0 atom stereocenters. The second-order valence-electron chi connectivity index (χ2n) is 2.92. The molecule has 0 aliphatic heterocycles. The van der Waals surface area contributed by atoms with E-state index in [1.165, 1.54) is 6.42 Å². The highest BCUT2D eigenvalue weighted by molar-refractivity contribution is 6.28. The lowest BCUT2D eigenvalue weighted by Gasteiger charge is -2.24. The average molecular weight is 201 g/mol. The maximum Gasteiger partial charge on any atom is 0.322 e. The van der Waals surface area contributed by atoms with E-state index < -0.39 is 0 Å². The van der Waals surface area contributed by atoms with Crippen molar-refractivity contribution in [2.75, 3.05) is 5.73 Å². The Morgan fingerprint density at radius 3 is 2.62 bits per heavy atom. The van der Waals surface area contributed by atoms with Gasteiger partial charge in [0.05, 0.1) is 0 Å². The lowest BCUT2D eigenvalue weighted by Crippen LogP contribution is -2.25. The van der Waals surface area contributed by atoms with Crippen molar-refractivity contribution in [1.82, 2.24) is 15.0 Å². The fraction of sp³-hybridized carbons (Fsp3) is 0.571. The molecule has 1 aromatic rings. The summed E-state index contributed by atoms with van der Waals surface area (Å²) < 4.78 is 5.39. The third kappa shape index (κ3) is 1.98. The summed E-state index contributed by atoms with van der Waals surface area (Å²) in [5.74, 6) is 0.0920. The van der Waals surface area contributed by atoms with E-state index in [2.05, 4.69) is 15.0 Å². The maximum absolute atomic E-state index is 5.57. The van der Waals surface area contributed by atoms with E-state index in [0.29, 0.717) is 0 Å². The average Bonchev–Trinajstić information content (AvgIpc) is 1.95. The maximum atomic E-state index is 5.57. The van der Waals surface area contributed by atoms with Gasteiger partial charge in [-0.25, -0.2) is 0 Å². The second kappa shape index (κ2) is 3.33. The molecule has 0 spiro atoms. The molecule has 5 nitrogen and oxygen atoms in total. The molecule has 1 aliphatic rings. The van der Waals surface area contributed by atoms with E-state index in [1.54, 1.807) is 0 Å². The minimum absolute atomic E-state index is 0.0711. The molecule has 2 rings (SSSR count). The van der Waals surface area contributed by atoms with Crippen LogP contribution in [0.25, 0.3) is 0 Å². The largest absolute Gasteiger partial charge is 0.460 e. The van der Waals surface area contributed by atoms with Crippen molar-refractivity contribution in [3.63, 3.8) is 0 Å². The van der Waals surface area contributed by atoms with Gasteiger partial charge in [-0.3, -0.25) is 0 Å². The highest BCUT2D eigenvalue weighted by Crippen LogP contribution is 2.23. The predicted molar refractivity (Wildman–Crippen MR) is 47.5 cm³/mol. The van der Waals surface area contributed by atoms with Crippen molar-refractivity contribution in [2.24, 2.45) is 0 Å². The van der Waals surface area contributed by atoms with Crippen LogP contribution in [0.1, 0.15) is 19.3 Å².